The SMILES string of the molecule is CC(C)C(NC(=O)NCC(C)(O)CC(=O)O)C(N)=O. The Bertz CT molecular complexity index is 354. The molecule has 0 aromatic carbocycles. The number of urea groups is 1. The van der Waals surface area contributed by atoms with Crippen molar-refractivity contribution in [3.05, 3.63) is 0 Å². The van der Waals surface area contributed by atoms with Crippen LogP contribution in [0.3, 0.4) is 0 Å². The van der Waals surface area contributed by atoms with Gasteiger partial charge >= 0.3 is 12.0 Å². The van der Waals surface area contributed by atoms with E-state index in [1.54, 1.807) is 13.8 Å². The summed E-state index contributed by atoms with van der Waals surface area (Å²) in [6, 6.07) is -1.52. The molecule has 6 N–H and O–H groups in total. The van der Waals surface area contributed by atoms with Gasteiger partial charge in [-0.25, -0.2) is 4.79 Å². The largest absolute Gasteiger partial charge is 0.481 e. The summed E-state index contributed by atoms with van der Waals surface area (Å²) in [5.41, 5.74) is 3.56. The maximum atomic E-state index is 11.5. The van der Waals surface area contributed by atoms with Crippen molar-refractivity contribution in [2.75, 3.05) is 6.54 Å². The first-order valence-corrected chi connectivity index (χ1v) is 5.83. The molecule has 2 unspecified atom stereocenters. The monoisotopic (exact) mass is 275 g/mol. The van der Waals surface area contributed by atoms with Gasteiger partial charge in [-0.2, -0.15) is 0 Å². The van der Waals surface area contributed by atoms with E-state index in [2.05, 4.69) is 10.6 Å². The first-order chi connectivity index (χ1) is 8.55. The number of hydrogen-bond donors (Lipinski definition) is 5. The summed E-state index contributed by atoms with van der Waals surface area (Å²) in [5.74, 6) is -2.02. The van der Waals surface area contributed by atoms with Gasteiger partial charge in [-0.3, -0.25) is 9.59 Å². The van der Waals surface area contributed by atoms with E-state index in [0.717, 1.165) is 0 Å². The fourth-order valence-electron chi connectivity index (χ4n) is 1.42. The average molecular weight is 275 g/mol. The number of carbonyl (C=O) groups excluding carboxylic acids is 2. The van der Waals surface area contributed by atoms with Crippen LogP contribution in [0.4, 0.5) is 4.79 Å². The summed E-state index contributed by atoms with van der Waals surface area (Å²) >= 11 is 0. The number of hydrogen-bond acceptors (Lipinski definition) is 4. The lowest BCUT2D eigenvalue weighted by Crippen LogP contribution is -2.53. The fraction of sp³-hybridized carbons (Fsp3) is 0.727. The lowest BCUT2D eigenvalue weighted by Gasteiger charge is -2.23. The van der Waals surface area contributed by atoms with Gasteiger partial charge in [0.05, 0.1) is 12.0 Å². The Morgan fingerprint density at radius 3 is 2.21 bits per heavy atom. The van der Waals surface area contributed by atoms with Crippen LogP contribution in [0.1, 0.15) is 27.2 Å². The van der Waals surface area contributed by atoms with Crippen LogP contribution >= 0.6 is 0 Å². The van der Waals surface area contributed by atoms with Crippen molar-refractivity contribution in [2.24, 2.45) is 11.7 Å². The number of carboxylic acid groups (broad SMARTS) is 1. The first kappa shape index (κ1) is 17.2. The molecule has 8 heteroatoms. The van der Waals surface area contributed by atoms with Gasteiger partial charge in [0.1, 0.15) is 6.04 Å². The molecule has 3 amide bonds. The summed E-state index contributed by atoms with van der Waals surface area (Å²) in [6.45, 7) is 4.47. The summed E-state index contributed by atoms with van der Waals surface area (Å²) in [4.78, 5) is 33.0. The lowest BCUT2D eigenvalue weighted by molar-refractivity contribution is -0.141. The van der Waals surface area contributed by atoms with Gasteiger partial charge in [-0.05, 0) is 12.8 Å². The van der Waals surface area contributed by atoms with Gasteiger partial charge in [-0.1, -0.05) is 13.8 Å². The smallest absolute Gasteiger partial charge is 0.315 e. The van der Waals surface area contributed by atoms with Crippen molar-refractivity contribution in [3.8, 4) is 0 Å². The minimum Gasteiger partial charge on any atom is -0.481 e. The Morgan fingerprint density at radius 2 is 1.84 bits per heavy atom. The minimum atomic E-state index is -1.57. The molecule has 19 heavy (non-hydrogen) atoms. The molecule has 0 aliphatic carbocycles. The molecular weight excluding hydrogens is 254 g/mol. The molecule has 0 aliphatic heterocycles. The quantitative estimate of drug-likeness (QED) is 0.406. The van der Waals surface area contributed by atoms with E-state index in [-0.39, 0.29) is 12.5 Å². The van der Waals surface area contributed by atoms with Crippen LogP contribution in [0.5, 0.6) is 0 Å². The molecule has 0 heterocycles. The highest BCUT2D eigenvalue weighted by molar-refractivity contribution is 5.86. The van der Waals surface area contributed by atoms with Gasteiger partial charge in [0.25, 0.3) is 0 Å². The Kier molecular flexibility index (Phi) is 6.26. The Balaban J connectivity index is 4.32. The minimum absolute atomic E-state index is 0.178. The lowest BCUT2D eigenvalue weighted by atomic mass is 10.0. The normalized spacial score (nSPS) is 15.4. The highest BCUT2D eigenvalue weighted by atomic mass is 16.4. The highest BCUT2D eigenvalue weighted by Gasteiger charge is 2.26. The Hall–Kier alpha value is -1.83. The summed E-state index contributed by atoms with van der Waals surface area (Å²) in [7, 11) is 0. The fourth-order valence-corrected chi connectivity index (χ4v) is 1.42. The number of nitrogens with two attached hydrogens (primary N) is 1. The van der Waals surface area contributed by atoms with Crippen LogP contribution in [0.25, 0.3) is 0 Å². The predicted molar refractivity (Wildman–Crippen MR) is 67.2 cm³/mol. The van der Waals surface area contributed by atoms with Crippen molar-refractivity contribution in [1.82, 2.24) is 10.6 Å². The van der Waals surface area contributed by atoms with E-state index in [4.69, 9.17) is 10.8 Å². The standard InChI is InChI=1S/C11H21N3O5/c1-6(2)8(9(12)17)14-10(18)13-5-11(3,19)4-7(15)16/h6,8,19H,4-5H2,1-3H3,(H2,12,17)(H,15,16)(H2,13,14,18). The number of amides is 3. The number of primary amides is 1. The zero-order chi connectivity index (χ0) is 15.2. The average Bonchev–Trinajstić information content (AvgIpc) is 2.20. The molecule has 2 atom stereocenters. The molecule has 0 saturated heterocycles. The van der Waals surface area contributed by atoms with Crippen molar-refractivity contribution < 1.29 is 24.6 Å². The summed E-state index contributed by atoms with van der Waals surface area (Å²) in [5, 5.41) is 22.9. The Morgan fingerprint density at radius 1 is 1.32 bits per heavy atom. The number of aliphatic hydroxyl groups is 1. The number of rotatable bonds is 7. The summed E-state index contributed by atoms with van der Waals surface area (Å²) in [6.07, 6.45) is -0.503. The van der Waals surface area contributed by atoms with Crippen LogP contribution in [-0.2, 0) is 9.59 Å². The third kappa shape index (κ3) is 7.24. The van der Waals surface area contributed by atoms with Crippen molar-refractivity contribution in [1.29, 1.82) is 0 Å². The molecule has 0 rings (SSSR count). The second kappa shape index (κ2) is 6.93. The van der Waals surface area contributed by atoms with Gasteiger partial charge in [0, 0.05) is 6.54 Å². The molecule has 0 aromatic heterocycles. The van der Waals surface area contributed by atoms with Crippen molar-refractivity contribution in [2.45, 2.75) is 38.8 Å². The van der Waals surface area contributed by atoms with Crippen LogP contribution in [-0.4, -0.2) is 46.3 Å². The highest BCUT2D eigenvalue weighted by Crippen LogP contribution is 2.07. The first-order valence-electron chi connectivity index (χ1n) is 5.83. The second-order valence-corrected chi connectivity index (χ2v) is 5.02. The topological polar surface area (TPSA) is 142 Å². The van der Waals surface area contributed by atoms with Gasteiger partial charge in [0.15, 0.2) is 0 Å². The molecule has 0 aromatic rings. The van der Waals surface area contributed by atoms with E-state index in [0.29, 0.717) is 0 Å². The van der Waals surface area contributed by atoms with Crippen LogP contribution in [0, 0.1) is 5.92 Å². The molecule has 0 saturated carbocycles. The zero-order valence-corrected chi connectivity index (χ0v) is 11.3. The maximum Gasteiger partial charge on any atom is 0.315 e. The summed E-state index contributed by atoms with van der Waals surface area (Å²) < 4.78 is 0. The number of nitrogens with one attached hydrogen (secondary N) is 2. The molecule has 0 spiro atoms. The zero-order valence-electron chi connectivity index (χ0n) is 11.3. The predicted octanol–water partition coefficient (Wildman–Crippen LogP) is -0.979. The molecular formula is C11H21N3O5. The molecule has 0 aliphatic rings. The van der Waals surface area contributed by atoms with Gasteiger partial charge in [0.2, 0.25) is 5.91 Å². The third-order valence-electron chi connectivity index (χ3n) is 2.42. The van der Waals surface area contributed by atoms with Crippen molar-refractivity contribution >= 4 is 17.9 Å². The van der Waals surface area contributed by atoms with E-state index in [9.17, 15) is 19.5 Å². The number of carboxylic acids is 1. The van der Waals surface area contributed by atoms with E-state index < -0.39 is 36.0 Å². The van der Waals surface area contributed by atoms with Crippen molar-refractivity contribution in [3.63, 3.8) is 0 Å². The molecule has 110 valence electrons. The van der Waals surface area contributed by atoms with Crippen LogP contribution < -0.4 is 16.4 Å². The van der Waals surface area contributed by atoms with E-state index in [1.165, 1.54) is 6.92 Å². The van der Waals surface area contributed by atoms with Crippen LogP contribution in [0.15, 0.2) is 0 Å². The van der Waals surface area contributed by atoms with Gasteiger partial charge in [-0.15, -0.1) is 0 Å². The van der Waals surface area contributed by atoms with Gasteiger partial charge < -0.3 is 26.6 Å². The molecule has 0 radical (unpaired) electrons. The Labute approximate surface area is 111 Å². The molecule has 0 bridgehead atoms. The third-order valence-corrected chi connectivity index (χ3v) is 2.42. The maximum absolute atomic E-state index is 11.5. The number of carbonyl (C=O) groups is 3. The van der Waals surface area contributed by atoms with Crippen LogP contribution in [0.2, 0.25) is 0 Å². The molecule has 0 fully saturated rings. The van der Waals surface area contributed by atoms with E-state index in [1.807, 2.05) is 0 Å². The number of aliphatic carboxylic acids is 1. The van der Waals surface area contributed by atoms with E-state index >= 15 is 0 Å². The molecule has 8 nitrogen and oxygen atoms in total. The second-order valence-electron chi connectivity index (χ2n) is 5.02.